The van der Waals surface area contributed by atoms with E-state index in [0.29, 0.717) is 32.1 Å². The normalized spacial score (nSPS) is 20.8. The number of aryl methyl sites for hydroxylation is 1. The van der Waals surface area contributed by atoms with Gasteiger partial charge < -0.3 is 19.9 Å². The smallest absolute Gasteiger partial charge is 0.246 e. The molecule has 2 aliphatic heterocycles. The minimum atomic E-state index is -0.694. The van der Waals surface area contributed by atoms with E-state index in [4.69, 9.17) is 4.74 Å². The molecule has 1 aromatic carbocycles. The molecule has 0 aromatic heterocycles. The van der Waals surface area contributed by atoms with Crippen molar-refractivity contribution < 1.29 is 14.3 Å². The number of piperidine rings is 1. The Morgan fingerprint density at radius 3 is 2.44 bits per heavy atom. The summed E-state index contributed by atoms with van der Waals surface area (Å²) in [6, 6.07) is 10.3. The zero-order valence-electron chi connectivity index (χ0n) is 21.6. The molecule has 1 N–H and O–H groups in total. The Kier molecular flexibility index (Phi) is 10.4. The number of nitrogens with one attached hydrogen (secondary N) is 1. The summed E-state index contributed by atoms with van der Waals surface area (Å²) in [6.07, 6.45) is 7.65. The van der Waals surface area contributed by atoms with E-state index in [2.05, 4.69) is 54.4 Å². The van der Waals surface area contributed by atoms with Gasteiger partial charge in [-0.3, -0.25) is 9.59 Å². The predicted molar refractivity (Wildman–Crippen MR) is 137 cm³/mol. The molecule has 6 heteroatoms. The first-order valence-corrected chi connectivity index (χ1v) is 13.4. The molecule has 1 aromatic rings. The minimum Gasteiger partial charge on any atom is -0.382 e. The van der Waals surface area contributed by atoms with Crippen molar-refractivity contribution in [3.63, 3.8) is 0 Å². The first kappa shape index (κ1) is 26.7. The van der Waals surface area contributed by atoms with E-state index in [-0.39, 0.29) is 11.8 Å². The van der Waals surface area contributed by atoms with Crippen LogP contribution in [0.4, 0.5) is 0 Å². The standard InChI is InChI=1S/C28H45N3O3/c1-4-34-21-11-18-31-26(32)25(22-23(2)3)29-27(33)28(31)15-19-30(20-16-28)17-10-6-9-14-24-12-7-5-8-13-24/h5,7-8,12-13,23,25H,4,6,9-11,14-22H2,1-3H3,(H,29,33)/t25-/m0/s1. The van der Waals surface area contributed by atoms with Gasteiger partial charge in [0.15, 0.2) is 0 Å². The number of carbonyl (C=O) groups is 2. The van der Waals surface area contributed by atoms with Crippen LogP contribution in [0.25, 0.3) is 0 Å². The zero-order chi connectivity index (χ0) is 24.4. The molecule has 0 bridgehead atoms. The summed E-state index contributed by atoms with van der Waals surface area (Å²) in [5.41, 5.74) is 0.719. The first-order chi connectivity index (χ1) is 16.5. The van der Waals surface area contributed by atoms with Gasteiger partial charge in [-0.2, -0.15) is 0 Å². The van der Waals surface area contributed by atoms with E-state index in [1.165, 1.54) is 24.8 Å². The number of nitrogens with zero attached hydrogens (tertiary/aromatic N) is 2. The number of likely N-dealkylation sites (tertiary alicyclic amines) is 1. The third-order valence-electron chi connectivity index (χ3n) is 7.36. The summed E-state index contributed by atoms with van der Waals surface area (Å²) in [6.45, 7) is 10.9. The predicted octanol–water partition coefficient (Wildman–Crippen LogP) is 4.03. The second-order valence-electron chi connectivity index (χ2n) is 10.4. The van der Waals surface area contributed by atoms with Crippen LogP contribution in [0.5, 0.6) is 0 Å². The minimum absolute atomic E-state index is 0.0525. The van der Waals surface area contributed by atoms with Crippen molar-refractivity contribution in [3.8, 4) is 0 Å². The molecular weight excluding hydrogens is 426 g/mol. The number of hydrogen-bond acceptors (Lipinski definition) is 4. The van der Waals surface area contributed by atoms with Gasteiger partial charge in [0.2, 0.25) is 11.8 Å². The van der Waals surface area contributed by atoms with E-state index < -0.39 is 11.6 Å². The summed E-state index contributed by atoms with van der Waals surface area (Å²) in [4.78, 5) is 31.2. The third-order valence-corrected chi connectivity index (χ3v) is 7.36. The number of benzene rings is 1. The van der Waals surface area contributed by atoms with Gasteiger partial charge in [0.05, 0.1) is 0 Å². The fourth-order valence-electron chi connectivity index (χ4n) is 5.43. The maximum Gasteiger partial charge on any atom is 0.246 e. The van der Waals surface area contributed by atoms with Gasteiger partial charge in [-0.05, 0) is 69.9 Å². The van der Waals surface area contributed by atoms with Gasteiger partial charge in [-0.15, -0.1) is 0 Å². The molecule has 6 nitrogen and oxygen atoms in total. The maximum absolute atomic E-state index is 13.4. The number of carbonyl (C=O) groups excluding carboxylic acids is 2. The van der Waals surface area contributed by atoms with Gasteiger partial charge in [-0.1, -0.05) is 50.6 Å². The number of rotatable bonds is 13. The Balaban J connectivity index is 1.52. The SMILES string of the molecule is CCOCCCN1C(=O)[C@H](CC(C)C)NC(=O)C12CCN(CCCCCc1ccccc1)CC2. The summed E-state index contributed by atoms with van der Waals surface area (Å²) in [7, 11) is 0. The quantitative estimate of drug-likeness (QED) is 0.441. The lowest BCUT2D eigenvalue weighted by Crippen LogP contribution is -2.73. The van der Waals surface area contributed by atoms with Crippen LogP contribution >= 0.6 is 0 Å². The molecule has 0 aliphatic carbocycles. The van der Waals surface area contributed by atoms with Gasteiger partial charge >= 0.3 is 0 Å². The van der Waals surface area contributed by atoms with Gasteiger partial charge in [0, 0.05) is 32.8 Å². The molecule has 0 saturated carbocycles. The molecule has 34 heavy (non-hydrogen) atoms. The Bertz CT molecular complexity index is 759. The Labute approximate surface area is 206 Å². The van der Waals surface area contributed by atoms with E-state index in [1.807, 2.05) is 11.8 Å². The van der Waals surface area contributed by atoms with E-state index in [9.17, 15) is 9.59 Å². The summed E-state index contributed by atoms with van der Waals surface area (Å²) in [5, 5.41) is 3.10. The molecular formula is C28H45N3O3. The fraction of sp³-hybridized carbons (Fsp3) is 0.714. The second kappa shape index (κ2) is 13.2. The number of hydrogen-bond donors (Lipinski definition) is 1. The van der Waals surface area contributed by atoms with E-state index in [1.54, 1.807) is 0 Å². The van der Waals surface area contributed by atoms with Crippen LogP contribution in [0.2, 0.25) is 0 Å². The molecule has 2 heterocycles. The van der Waals surface area contributed by atoms with Crippen LogP contribution in [0, 0.1) is 5.92 Å². The molecule has 190 valence electrons. The Hall–Kier alpha value is -1.92. The average molecular weight is 472 g/mol. The third kappa shape index (κ3) is 7.05. The van der Waals surface area contributed by atoms with Crippen LogP contribution in [0.15, 0.2) is 30.3 Å². The van der Waals surface area contributed by atoms with Crippen LogP contribution in [-0.2, 0) is 20.7 Å². The highest BCUT2D eigenvalue weighted by Crippen LogP contribution is 2.34. The van der Waals surface area contributed by atoms with Crippen molar-refractivity contribution in [2.45, 2.75) is 83.7 Å². The van der Waals surface area contributed by atoms with Gasteiger partial charge in [0.1, 0.15) is 11.6 Å². The lowest BCUT2D eigenvalue weighted by atomic mass is 9.80. The number of ether oxygens (including phenoxy) is 1. The van der Waals surface area contributed by atoms with Crippen molar-refractivity contribution in [2.75, 3.05) is 39.4 Å². The fourth-order valence-corrected chi connectivity index (χ4v) is 5.43. The van der Waals surface area contributed by atoms with Crippen LogP contribution in [-0.4, -0.2) is 72.6 Å². The average Bonchev–Trinajstić information content (AvgIpc) is 2.83. The van der Waals surface area contributed by atoms with Gasteiger partial charge in [0.25, 0.3) is 0 Å². The lowest BCUT2D eigenvalue weighted by molar-refractivity contribution is -0.162. The Morgan fingerprint density at radius 2 is 1.76 bits per heavy atom. The summed E-state index contributed by atoms with van der Waals surface area (Å²) < 4.78 is 5.52. The molecule has 2 saturated heterocycles. The summed E-state index contributed by atoms with van der Waals surface area (Å²) in [5.74, 6) is 0.508. The molecule has 2 amide bonds. The molecule has 2 aliphatic rings. The monoisotopic (exact) mass is 471 g/mol. The van der Waals surface area contributed by atoms with Crippen molar-refractivity contribution >= 4 is 11.8 Å². The number of unbranched alkanes of at least 4 members (excludes halogenated alkanes) is 2. The van der Waals surface area contributed by atoms with E-state index >= 15 is 0 Å². The van der Waals surface area contributed by atoms with Crippen LogP contribution in [0.1, 0.15) is 71.3 Å². The molecule has 1 atom stereocenters. The molecule has 3 rings (SSSR count). The highest BCUT2D eigenvalue weighted by atomic mass is 16.5. The van der Waals surface area contributed by atoms with E-state index in [0.717, 1.165) is 45.3 Å². The number of amides is 2. The van der Waals surface area contributed by atoms with Crippen molar-refractivity contribution in [1.29, 1.82) is 0 Å². The molecule has 1 spiro atoms. The topological polar surface area (TPSA) is 61.9 Å². The van der Waals surface area contributed by atoms with Crippen molar-refractivity contribution in [3.05, 3.63) is 35.9 Å². The van der Waals surface area contributed by atoms with Gasteiger partial charge in [-0.25, -0.2) is 0 Å². The van der Waals surface area contributed by atoms with Crippen molar-refractivity contribution in [2.24, 2.45) is 5.92 Å². The largest absolute Gasteiger partial charge is 0.382 e. The Morgan fingerprint density at radius 1 is 1.03 bits per heavy atom. The number of piperazine rings is 1. The van der Waals surface area contributed by atoms with Crippen molar-refractivity contribution in [1.82, 2.24) is 15.1 Å². The maximum atomic E-state index is 13.4. The zero-order valence-corrected chi connectivity index (χ0v) is 21.6. The van der Waals surface area contributed by atoms with Crippen LogP contribution in [0.3, 0.4) is 0 Å². The lowest BCUT2D eigenvalue weighted by Gasteiger charge is -2.52. The van der Waals surface area contributed by atoms with Crippen LogP contribution < -0.4 is 5.32 Å². The molecule has 0 radical (unpaired) electrons. The first-order valence-electron chi connectivity index (χ1n) is 13.4. The molecule has 2 fully saturated rings. The summed E-state index contributed by atoms with van der Waals surface area (Å²) >= 11 is 0. The second-order valence-corrected chi connectivity index (χ2v) is 10.4. The molecule has 0 unspecified atom stereocenters. The highest BCUT2D eigenvalue weighted by Gasteiger charge is 2.53. The highest BCUT2D eigenvalue weighted by molar-refractivity contribution is 6.00.